The molecule has 0 aliphatic carbocycles. The summed E-state index contributed by atoms with van der Waals surface area (Å²) in [6.45, 7) is 2.06. The Morgan fingerprint density at radius 1 is 1.35 bits per heavy atom. The fourth-order valence-corrected chi connectivity index (χ4v) is 2.16. The van der Waals surface area contributed by atoms with Crippen LogP contribution in [0.3, 0.4) is 0 Å². The Kier molecular flexibility index (Phi) is 3.22. The maximum absolute atomic E-state index is 12.0. The Labute approximate surface area is 101 Å². The second-order valence-corrected chi connectivity index (χ2v) is 4.15. The van der Waals surface area contributed by atoms with E-state index in [0.29, 0.717) is 11.3 Å². The molecule has 2 rings (SSSR count). The molecule has 92 valence electrons. The molecule has 0 saturated carbocycles. The van der Waals surface area contributed by atoms with Gasteiger partial charge in [0.2, 0.25) is 0 Å². The lowest BCUT2D eigenvalue weighted by Crippen LogP contribution is -2.41. The van der Waals surface area contributed by atoms with Gasteiger partial charge in [0.05, 0.1) is 19.8 Å². The van der Waals surface area contributed by atoms with Gasteiger partial charge in [-0.05, 0) is 24.5 Å². The van der Waals surface area contributed by atoms with Crippen molar-refractivity contribution in [2.75, 3.05) is 14.2 Å². The third-order valence-electron chi connectivity index (χ3n) is 3.13. The number of rotatable bonds is 3. The van der Waals surface area contributed by atoms with Gasteiger partial charge in [0, 0.05) is 12.1 Å². The molecule has 4 heteroatoms. The number of amides is 1. The van der Waals surface area contributed by atoms with E-state index in [1.54, 1.807) is 20.3 Å². The number of benzene rings is 1. The van der Waals surface area contributed by atoms with Crippen LogP contribution in [-0.2, 0) is 6.42 Å². The molecule has 1 N–H and O–H groups in total. The lowest BCUT2D eigenvalue weighted by Gasteiger charge is -2.26. The van der Waals surface area contributed by atoms with E-state index >= 15 is 0 Å². The summed E-state index contributed by atoms with van der Waals surface area (Å²) in [6.07, 6.45) is 1.75. The Hall–Kier alpha value is -1.71. The molecule has 0 radical (unpaired) electrons. The van der Waals surface area contributed by atoms with Gasteiger partial charge in [-0.15, -0.1) is 0 Å². The van der Waals surface area contributed by atoms with Crippen LogP contribution in [0.15, 0.2) is 12.1 Å². The Morgan fingerprint density at radius 3 is 2.71 bits per heavy atom. The van der Waals surface area contributed by atoms with Crippen molar-refractivity contribution in [1.29, 1.82) is 0 Å². The van der Waals surface area contributed by atoms with Crippen molar-refractivity contribution in [1.82, 2.24) is 5.32 Å². The Morgan fingerprint density at radius 2 is 2.12 bits per heavy atom. The summed E-state index contributed by atoms with van der Waals surface area (Å²) in [4.78, 5) is 12.0. The van der Waals surface area contributed by atoms with Gasteiger partial charge in [0.15, 0.2) is 0 Å². The molecule has 1 heterocycles. The molecule has 1 aromatic rings. The highest BCUT2D eigenvalue weighted by molar-refractivity contribution is 6.00. The lowest BCUT2D eigenvalue weighted by atomic mass is 9.93. The molecule has 1 unspecified atom stereocenters. The fraction of sp³-hybridized carbons (Fsp3) is 0.462. The van der Waals surface area contributed by atoms with Gasteiger partial charge >= 0.3 is 0 Å². The van der Waals surface area contributed by atoms with Gasteiger partial charge in [-0.1, -0.05) is 6.92 Å². The number of nitrogens with one attached hydrogen (secondary N) is 1. The maximum Gasteiger partial charge on any atom is 0.255 e. The SMILES string of the molecule is CCC1Cc2cc(OC)cc(OC)c2C(=O)N1. The molecule has 0 saturated heterocycles. The van der Waals surface area contributed by atoms with Gasteiger partial charge in [-0.2, -0.15) is 0 Å². The first kappa shape index (κ1) is 11.8. The molecule has 4 nitrogen and oxygen atoms in total. The first-order chi connectivity index (χ1) is 8.19. The molecular formula is C13H17NO3. The van der Waals surface area contributed by atoms with Crippen molar-refractivity contribution < 1.29 is 14.3 Å². The first-order valence-corrected chi connectivity index (χ1v) is 5.75. The van der Waals surface area contributed by atoms with Crippen LogP contribution in [0.2, 0.25) is 0 Å². The summed E-state index contributed by atoms with van der Waals surface area (Å²) in [5.74, 6) is 1.24. The Bertz CT molecular complexity index is 443. The van der Waals surface area contributed by atoms with Crippen molar-refractivity contribution in [3.8, 4) is 11.5 Å². The number of carbonyl (C=O) groups excluding carboxylic acids is 1. The monoisotopic (exact) mass is 235 g/mol. The van der Waals surface area contributed by atoms with E-state index in [4.69, 9.17) is 9.47 Å². The number of ether oxygens (including phenoxy) is 2. The third kappa shape index (κ3) is 2.07. The summed E-state index contributed by atoms with van der Waals surface area (Å²) in [6, 6.07) is 3.86. The quantitative estimate of drug-likeness (QED) is 0.868. The molecule has 1 aliphatic rings. The molecule has 0 spiro atoms. The highest BCUT2D eigenvalue weighted by atomic mass is 16.5. The van der Waals surface area contributed by atoms with E-state index < -0.39 is 0 Å². The van der Waals surface area contributed by atoms with Gasteiger partial charge in [-0.25, -0.2) is 0 Å². The predicted molar refractivity (Wildman–Crippen MR) is 64.8 cm³/mol. The van der Waals surface area contributed by atoms with Gasteiger partial charge in [-0.3, -0.25) is 4.79 Å². The number of hydrogen-bond donors (Lipinski definition) is 1. The summed E-state index contributed by atoms with van der Waals surface area (Å²) in [7, 11) is 3.18. The predicted octanol–water partition coefficient (Wildman–Crippen LogP) is 1.77. The van der Waals surface area contributed by atoms with E-state index in [1.807, 2.05) is 6.07 Å². The summed E-state index contributed by atoms with van der Waals surface area (Å²) in [5.41, 5.74) is 1.63. The van der Waals surface area contributed by atoms with Crippen molar-refractivity contribution in [2.24, 2.45) is 0 Å². The standard InChI is InChI=1S/C13H17NO3/c1-4-9-5-8-6-10(16-2)7-11(17-3)12(8)13(15)14-9/h6-7,9H,4-5H2,1-3H3,(H,14,15). The largest absolute Gasteiger partial charge is 0.497 e. The van der Waals surface area contributed by atoms with E-state index in [2.05, 4.69) is 12.2 Å². The molecule has 1 amide bonds. The van der Waals surface area contributed by atoms with Crippen molar-refractivity contribution >= 4 is 5.91 Å². The highest BCUT2D eigenvalue weighted by Gasteiger charge is 2.27. The van der Waals surface area contributed by atoms with E-state index in [1.165, 1.54) is 0 Å². The zero-order chi connectivity index (χ0) is 12.4. The summed E-state index contributed by atoms with van der Waals surface area (Å²) >= 11 is 0. The maximum atomic E-state index is 12.0. The minimum atomic E-state index is -0.0578. The fourth-order valence-electron chi connectivity index (χ4n) is 2.16. The Balaban J connectivity index is 2.50. The normalized spacial score (nSPS) is 18.3. The second kappa shape index (κ2) is 4.65. The summed E-state index contributed by atoms with van der Waals surface area (Å²) < 4.78 is 10.5. The van der Waals surface area contributed by atoms with Gasteiger partial charge in [0.25, 0.3) is 5.91 Å². The van der Waals surface area contributed by atoms with Crippen LogP contribution in [-0.4, -0.2) is 26.2 Å². The van der Waals surface area contributed by atoms with Gasteiger partial charge < -0.3 is 14.8 Å². The van der Waals surface area contributed by atoms with Crippen molar-refractivity contribution in [2.45, 2.75) is 25.8 Å². The van der Waals surface area contributed by atoms with Crippen LogP contribution >= 0.6 is 0 Å². The molecule has 1 aliphatic heterocycles. The zero-order valence-corrected chi connectivity index (χ0v) is 10.4. The van der Waals surface area contributed by atoms with Crippen LogP contribution in [0.1, 0.15) is 29.3 Å². The number of carbonyl (C=O) groups is 1. The molecule has 0 fully saturated rings. The number of hydrogen-bond acceptors (Lipinski definition) is 3. The van der Waals surface area contributed by atoms with E-state index in [0.717, 1.165) is 24.2 Å². The molecular weight excluding hydrogens is 218 g/mol. The van der Waals surface area contributed by atoms with Crippen LogP contribution < -0.4 is 14.8 Å². The third-order valence-corrected chi connectivity index (χ3v) is 3.13. The van der Waals surface area contributed by atoms with Crippen molar-refractivity contribution in [3.05, 3.63) is 23.3 Å². The molecule has 0 aromatic heterocycles. The highest BCUT2D eigenvalue weighted by Crippen LogP contribution is 2.32. The molecule has 17 heavy (non-hydrogen) atoms. The number of methoxy groups -OCH3 is 2. The molecule has 1 aromatic carbocycles. The van der Waals surface area contributed by atoms with Gasteiger partial charge in [0.1, 0.15) is 11.5 Å². The zero-order valence-electron chi connectivity index (χ0n) is 10.4. The van der Waals surface area contributed by atoms with Crippen LogP contribution in [0.4, 0.5) is 0 Å². The molecule has 1 atom stereocenters. The van der Waals surface area contributed by atoms with Crippen LogP contribution in [0.5, 0.6) is 11.5 Å². The number of fused-ring (bicyclic) bond motifs is 1. The summed E-state index contributed by atoms with van der Waals surface area (Å²) in [5, 5.41) is 2.97. The van der Waals surface area contributed by atoms with E-state index in [-0.39, 0.29) is 11.9 Å². The van der Waals surface area contributed by atoms with E-state index in [9.17, 15) is 4.79 Å². The molecule has 0 bridgehead atoms. The van der Waals surface area contributed by atoms with Crippen molar-refractivity contribution in [3.63, 3.8) is 0 Å². The second-order valence-electron chi connectivity index (χ2n) is 4.15. The smallest absolute Gasteiger partial charge is 0.255 e. The minimum Gasteiger partial charge on any atom is -0.497 e. The average molecular weight is 235 g/mol. The minimum absolute atomic E-state index is 0.0578. The topological polar surface area (TPSA) is 47.6 Å². The average Bonchev–Trinajstić information content (AvgIpc) is 2.36. The first-order valence-electron chi connectivity index (χ1n) is 5.75. The van der Waals surface area contributed by atoms with Crippen LogP contribution in [0.25, 0.3) is 0 Å². The lowest BCUT2D eigenvalue weighted by molar-refractivity contribution is 0.0920. The van der Waals surface area contributed by atoms with Crippen LogP contribution in [0, 0.1) is 0 Å².